The molecule has 0 aliphatic heterocycles. The van der Waals surface area contributed by atoms with E-state index in [4.69, 9.17) is 10.5 Å². The lowest BCUT2D eigenvalue weighted by atomic mass is 10.00. The van der Waals surface area contributed by atoms with Crippen LogP contribution in [0.25, 0.3) is 0 Å². The van der Waals surface area contributed by atoms with Crippen molar-refractivity contribution in [2.75, 3.05) is 18.5 Å². The SMILES string of the molecule is CCCOc1ccnc(NC(C)(CC)CN)n1. The molecule has 0 aromatic carbocycles. The number of aromatic nitrogens is 2. The van der Waals surface area contributed by atoms with Crippen molar-refractivity contribution in [2.24, 2.45) is 5.73 Å². The molecule has 1 unspecified atom stereocenters. The molecule has 5 heteroatoms. The lowest BCUT2D eigenvalue weighted by Crippen LogP contribution is -2.42. The highest BCUT2D eigenvalue weighted by molar-refractivity contribution is 5.31. The minimum absolute atomic E-state index is 0.177. The van der Waals surface area contributed by atoms with Crippen LogP contribution in [0.3, 0.4) is 0 Å². The smallest absolute Gasteiger partial charge is 0.226 e. The molecule has 1 atom stereocenters. The molecule has 5 nitrogen and oxygen atoms in total. The Hall–Kier alpha value is -1.36. The van der Waals surface area contributed by atoms with E-state index in [1.54, 1.807) is 12.3 Å². The van der Waals surface area contributed by atoms with Crippen LogP contribution in [0, 0.1) is 0 Å². The fourth-order valence-corrected chi connectivity index (χ4v) is 1.24. The fraction of sp³-hybridized carbons (Fsp3) is 0.667. The number of nitrogens with zero attached hydrogens (tertiary/aromatic N) is 2. The minimum atomic E-state index is -0.177. The second kappa shape index (κ2) is 6.39. The van der Waals surface area contributed by atoms with Gasteiger partial charge >= 0.3 is 0 Å². The molecule has 0 bridgehead atoms. The standard InChI is InChI=1S/C12H22N4O/c1-4-8-17-10-6-7-14-11(15-10)16-12(3,5-2)9-13/h6-7H,4-5,8-9,13H2,1-3H3,(H,14,15,16). The zero-order valence-corrected chi connectivity index (χ0v) is 10.9. The van der Waals surface area contributed by atoms with Crippen molar-refractivity contribution in [3.05, 3.63) is 12.3 Å². The molecule has 0 aliphatic carbocycles. The van der Waals surface area contributed by atoms with Crippen LogP contribution in [0.2, 0.25) is 0 Å². The van der Waals surface area contributed by atoms with Crippen molar-refractivity contribution >= 4 is 5.95 Å². The van der Waals surface area contributed by atoms with Gasteiger partial charge in [-0.2, -0.15) is 4.98 Å². The highest BCUT2D eigenvalue weighted by atomic mass is 16.5. The molecule has 3 N–H and O–H groups in total. The van der Waals surface area contributed by atoms with Crippen LogP contribution < -0.4 is 15.8 Å². The normalized spacial score (nSPS) is 14.1. The number of hydrogen-bond donors (Lipinski definition) is 2. The monoisotopic (exact) mass is 238 g/mol. The lowest BCUT2D eigenvalue weighted by Gasteiger charge is -2.27. The van der Waals surface area contributed by atoms with Crippen molar-refractivity contribution in [3.8, 4) is 5.88 Å². The second-order valence-corrected chi connectivity index (χ2v) is 4.31. The van der Waals surface area contributed by atoms with Crippen molar-refractivity contribution in [1.82, 2.24) is 9.97 Å². The minimum Gasteiger partial charge on any atom is -0.478 e. The van der Waals surface area contributed by atoms with E-state index < -0.39 is 0 Å². The largest absolute Gasteiger partial charge is 0.478 e. The molecule has 1 heterocycles. The number of anilines is 1. The van der Waals surface area contributed by atoms with Gasteiger partial charge in [-0.15, -0.1) is 0 Å². The summed E-state index contributed by atoms with van der Waals surface area (Å²) in [6.07, 6.45) is 3.56. The molecular formula is C12H22N4O. The first-order valence-electron chi connectivity index (χ1n) is 6.07. The van der Waals surface area contributed by atoms with Crippen LogP contribution in [-0.2, 0) is 0 Å². The van der Waals surface area contributed by atoms with Crippen LogP contribution >= 0.6 is 0 Å². The maximum Gasteiger partial charge on any atom is 0.226 e. The Labute approximate surface area is 103 Å². The third-order valence-electron chi connectivity index (χ3n) is 2.73. The highest BCUT2D eigenvalue weighted by Crippen LogP contribution is 2.16. The third kappa shape index (κ3) is 4.19. The average Bonchev–Trinajstić information content (AvgIpc) is 2.36. The summed E-state index contributed by atoms with van der Waals surface area (Å²) in [5, 5.41) is 3.24. The van der Waals surface area contributed by atoms with E-state index in [0.717, 1.165) is 12.8 Å². The van der Waals surface area contributed by atoms with Crippen LogP contribution in [-0.4, -0.2) is 28.7 Å². The van der Waals surface area contributed by atoms with E-state index in [2.05, 4.69) is 36.1 Å². The van der Waals surface area contributed by atoms with Crippen LogP contribution in [0.1, 0.15) is 33.6 Å². The Morgan fingerprint density at radius 2 is 2.24 bits per heavy atom. The van der Waals surface area contributed by atoms with Crippen LogP contribution in [0.5, 0.6) is 5.88 Å². The zero-order valence-electron chi connectivity index (χ0n) is 10.9. The maximum atomic E-state index is 5.73. The molecular weight excluding hydrogens is 216 g/mol. The van der Waals surface area contributed by atoms with Crippen molar-refractivity contribution in [1.29, 1.82) is 0 Å². The summed E-state index contributed by atoms with van der Waals surface area (Å²) in [6.45, 7) is 7.39. The molecule has 1 aromatic heterocycles. The van der Waals surface area contributed by atoms with E-state index in [-0.39, 0.29) is 5.54 Å². The van der Waals surface area contributed by atoms with Crippen LogP contribution in [0.4, 0.5) is 5.95 Å². The van der Waals surface area contributed by atoms with E-state index in [1.807, 2.05) is 0 Å². The molecule has 1 rings (SSSR count). The van der Waals surface area contributed by atoms with Gasteiger partial charge in [-0.3, -0.25) is 0 Å². The molecule has 0 aliphatic rings. The average molecular weight is 238 g/mol. The quantitative estimate of drug-likeness (QED) is 0.758. The highest BCUT2D eigenvalue weighted by Gasteiger charge is 2.20. The summed E-state index contributed by atoms with van der Waals surface area (Å²) in [6, 6.07) is 1.76. The molecule has 0 saturated heterocycles. The molecule has 1 aromatic rings. The lowest BCUT2D eigenvalue weighted by molar-refractivity contribution is 0.305. The molecule has 17 heavy (non-hydrogen) atoms. The Morgan fingerprint density at radius 1 is 1.47 bits per heavy atom. The van der Waals surface area contributed by atoms with Gasteiger partial charge in [0, 0.05) is 24.3 Å². The van der Waals surface area contributed by atoms with Crippen molar-refractivity contribution < 1.29 is 4.74 Å². The topological polar surface area (TPSA) is 73.1 Å². The van der Waals surface area contributed by atoms with Gasteiger partial charge < -0.3 is 15.8 Å². The summed E-state index contributed by atoms with van der Waals surface area (Å²) in [5.41, 5.74) is 5.56. The summed E-state index contributed by atoms with van der Waals surface area (Å²) >= 11 is 0. The molecule has 0 fully saturated rings. The second-order valence-electron chi connectivity index (χ2n) is 4.31. The fourth-order valence-electron chi connectivity index (χ4n) is 1.24. The van der Waals surface area contributed by atoms with Crippen molar-refractivity contribution in [2.45, 2.75) is 39.2 Å². The number of nitrogens with two attached hydrogens (primary N) is 1. The van der Waals surface area contributed by atoms with Gasteiger partial charge in [0.1, 0.15) is 0 Å². The van der Waals surface area contributed by atoms with Gasteiger partial charge in [0.05, 0.1) is 6.61 Å². The van der Waals surface area contributed by atoms with Gasteiger partial charge in [-0.05, 0) is 19.8 Å². The van der Waals surface area contributed by atoms with Gasteiger partial charge in [-0.1, -0.05) is 13.8 Å². The molecule has 0 amide bonds. The van der Waals surface area contributed by atoms with Gasteiger partial charge in [-0.25, -0.2) is 4.98 Å². The molecule has 0 radical (unpaired) electrons. The first-order chi connectivity index (χ1) is 8.13. The van der Waals surface area contributed by atoms with Gasteiger partial charge in [0.2, 0.25) is 11.8 Å². The first-order valence-corrected chi connectivity index (χ1v) is 6.07. The van der Waals surface area contributed by atoms with Crippen LogP contribution in [0.15, 0.2) is 12.3 Å². The number of ether oxygens (including phenoxy) is 1. The van der Waals surface area contributed by atoms with E-state index in [9.17, 15) is 0 Å². The Kier molecular flexibility index (Phi) is 5.15. The molecule has 96 valence electrons. The maximum absolute atomic E-state index is 5.73. The summed E-state index contributed by atoms with van der Waals surface area (Å²) in [5.74, 6) is 1.16. The molecule has 0 spiro atoms. The van der Waals surface area contributed by atoms with E-state index in [0.29, 0.717) is 25.0 Å². The predicted molar refractivity (Wildman–Crippen MR) is 69.2 cm³/mol. The first kappa shape index (κ1) is 13.7. The Balaban J connectivity index is 2.71. The predicted octanol–water partition coefficient (Wildman–Crippen LogP) is 1.80. The third-order valence-corrected chi connectivity index (χ3v) is 2.73. The van der Waals surface area contributed by atoms with E-state index in [1.165, 1.54) is 0 Å². The van der Waals surface area contributed by atoms with Crippen molar-refractivity contribution in [3.63, 3.8) is 0 Å². The zero-order chi connectivity index (χ0) is 12.7. The Morgan fingerprint density at radius 3 is 2.82 bits per heavy atom. The summed E-state index contributed by atoms with van der Waals surface area (Å²) in [7, 11) is 0. The van der Waals surface area contributed by atoms with Gasteiger partial charge in [0.25, 0.3) is 0 Å². The summed E-state index contributed by atoms with van der Waals surface area (Å²) in [4.78, 5) is 8.46. The number of hydrogen-bond acceptors (Lipinski definition) is 5. The molecule has 0 saturated carbocycles. The van der Waals surface area contributed by atoms with E-state index >= 15 is 0 Å². The number of rotatable bonds is 7. The Bertz CT molecular complexity index is 339. The van der Waals surface area contributed by atoms with Gasteiger partial charge in [0.15, 0.2) is 0 Å². The summed E-state index contributed by atoms with van der Waals surface area (Å²) < 4.78 is 5.46. The number of nitrogens with one attached hydrogen (secondary N) is 1.